The maximum atomic E-state index is 11.6. The number of aryl methyl sites for hydroxylation is 1. The molecule has 0 saturated carbocycles. The van der Waals surface area contributed by atoms with E-state index in [1.165, 1.54) is 5.01 Å². The lowest BCUT2D eigenvalue weighted by Crippen LogP contribution is -2.36. The van der Waals surface area contributed by atoms with E-state index in [2.05, 4.69) is 4.83 Å². The first-order valence-corrected chi connectivity index (χ1v) is 5.66. The standard InChI is InChI=1S/C9H14N2O2S/c1-8-4-6-9(7-5-8)14(12,13)10-11(2)3/h4-7,10H,1-3H3. The molecule has 0 unspecified atom stereocenters. The van der Waals surface area contributed by atoms with E-state index in [0.29, 0.717) is 0 Å². The normalized spacial score (nSPS) is 12.0. The molecule has 78 valence electrons. The lowest BCUT2D eigenvalue weighted by Gasteiger charge is -2.12. The van der Waals surface area contributed by atoms with Crippen molar-refractivity contribution in [3.05, 3.63) is 29.8 Å². The number of hydrogen-bond acceptors (Lipinski definition) is 3. The molecule has 0 bridgehead atoms. The Bertz CT molecular complexity index is 395. The minimum atomic E-state index is -3.40. The van der Waals surface area contributed by atoms with Crippen LogP contribution in [0.1, 0.15) is 5.56 Å². The highest BCUT2D eigenvalue weighted by Crippen LogP contribution is 2.09. The van der Waals surface area contributed by atoms with E-state index in [-0.39, 0.29) is 4.90 Å². The predicted molar refractivity (Wildman–Crippen MR) is 55.2 cm³/mol. The second-order valence-corrected chi connectivity index (χ2v) is 4.96. The van der Waals surface area contributed by atoms with Crippen molar-refractivity contribution in [2.75, 3.05) is 14.1 Å². The topological polar surface area (TPSA) is 49.4 Å². The first-order chi connectivity index (χ1) is 6.42. The smallest absolute Gasteiger partial charge is 0.237 e. The molecule has 0 radical (unpaired) electrons. The van der Waals surface area contributed by atoms with Crippen LogP contribution in [0.15, 0.2) is 29.2 Å². The Morgan fingerprint density at radius 1 is 1.14 bits per heavy atom. The van der Waals surface area contributed by atoms with Gasteiger partial charge < -0.3 is 0 Å². The fourth-order valence-electron chi connectivity index (χ4n) is 1.01. The third-order valence-electron chi connectivity index (χ3n) is 1.63. The molecule has 0 aromatic heterocycles. The predicted octanol–water partition coefficient (Wildman–Crippen LogP) is 0.750. The van der Waals surface area contributed by atoms with Crippen molar-refractivity contribution < 1.29 is 8.42 Å². The van der Waals surface area contributed by atoms with Gasteiger partial charge in [-0.1, -0.05) is 17.7 Å². The number of hydrogen-bond donors (Lipinski definition) is 1. The van der Waals surface area contributed by atoms with Crippen molar-refractivity contribution in [3.63, 3.8) is 0 Å². The molecule has 0 amide bonds. The first-order valence-electron chi connectivity index (χ1n) is 4.18. The van der Waals surface area contributed by atoms with Gasteiger partial charge in [-0.25, -0.2) is 13.4 Å². The highest BCUT2D eigenvalue weighted by atomic mass is 32.2. The van der Waals surface area contributed by atoms with Crippen LogP contribution >= 0.6 is 0 Å². The van der Waals surface area contributed by atoms with Gasteiger partial charge in [-0.15, -0.1) is 4.83 Å². The lowest BCUT2D eigenvalue weighted by molar-refractivity contribution is 0.364. The fraction of sp³-hybridized carbons (Fsp3) is 0.333. The Morgan fingerprint density at radius 2 is 1.64 bits per heavy atom. The van der Waals surface area contributed by atoms with Crippen molar-refractivity contribution in [1.82, 2.24) is 9.84 Å². The molecule has 5 heteroatoms. The quantitative estimate of drug-likeness (QED) is 0.755. The van der Waals surface area contributed by atoms with E-state index in [1.54, 1.807) is 38.4 Å². The minimum Gasteiger partial charge on any atom is -0.237 e. The molecule has 0 aliphatic carbocycles. The molecule has 14 heavy (non-hydrogen) atoms. The molecular weight excluding hydrogens is 200 g/mol. The average molecular weight is 214 g/mol. The second-order valence-electron chi connectivity index (χ2n) is 3.30. The van der Waals surface area contributed by atoms with Crippen LogP contribution in [0, 0.1) is 6.92 Å². The van der Waals surface area contributed by atoms with Gasteiger partial charge in [0, 0.05) is 14.1 Å². The Labute approximate surface area is 84.6 Å². The molecule has 1 aromatic carbocycles. The van der Waals surface area contributed by atoms with E-state index < -0.39 is 10.0 Å². The molecule has 0 fully saturated rings. The number of benzene rings is 1. The van der Waals surface area contributed by atoms with E-state index in [0.717, 1.165) is 5.56 Å². The number of sulfonamides is 1. The summed E-state index contributed by atoms with van der Waals surface area (Å²) in [4.78, 5) is 2.64. The summed E-state index contributed by atoms with van der Waals surface area (Å²) < 4.78 is 23.2. The maximum absolute atomic E-state index is 11.6. The van der Waals surface area contributed by atoms with Gasteiger partial charge >= 0.3 is 0 Å². The molecule has 4 nitrogen and oxygen atoms in total. The summed E-state index contributed by atoms with van der Waals surface area (Å²) in [6, 6.07) is 6.71. The van der Waals surface area contributed by atoms with E-state index in [1.807, 2.05) is 6.92 Å². The lowest BCUT2D eigenvalue weighted by atomic mass is 10.2. The molecule has 0 aliphatic rings. The highest BCUT2D eigenvalue weighted by Gasteiger charge is 2.13. The number of nitrogens with zero attached hydrogens (tertiary/aromatic N) is 1. The molecule has 0 atom stereocenters. The van der Waals surface area contributed by atoms with Gasteiger partial charge in [0.25, 0.3) is 10.0 Å². The minimum absolute atomic E-state index is 0.275. The number of rotatable bonds is 3. The largest absolute Gasteiger partial charge is 0.253 e. The summed E-state index contributed by atoms with van der Waals surface area (Å²) in [5.41, 5.74) is 1.04. The van der Waals surface area contributed by atoms with Crippen LogP contribution in [0.3, 0.4) is 0 Å². The van der Waals surface area contributed by atoms with E-state index >= 15 is 0 Å². The van der Waals surface area contributed by atoms with Gasteiger partial charge in [-0.2, -0.15) is 0 Å². The van der Waals surface area contributed by atoms with Gasteiger partial charge in [-0.3, -0.25) is 0 Å². The Kier molecular flexibility index (Phi) is 3.25. The van der Waals surface area contributed by atoms with Crippen LogP contribution in [-0.2, 0) is 10.0 Å². The molecule has 1 rings (SSSR count). The Balaban J connectivity index is 2.99. The van der Waals surface area contributed by atoms with Gasteiger partial charge in [0.05, 0.1) is 4.90 Å². The van der Waals surface area contributed by atoms with Crippen LogP contribution in [0.5, 0.6) is 0 Å². The zero-order valence-corrected chi connectivity index (χ0v) is 9.30. The third-order valence-corrected chi connectivity index (χ3v) is 3.13. The first kappa shape index (κ1) is 11.2. The molecule has 1 aromatic rings. The maximum Gasteiger partial charge on any atom is 0.253 e. The third kappa shape index (κ3) is 2.80. The van der Waals surface area contributed by atoms with Crippen LogP contribution in [-0.4, -0.2) is 27.5 Å². The van der Waals surface area contributed by atoms with Crippen LogP contribution in [0.2, 0.25) is 0 Å². The fourth-order valence-corrected chi connectivity index (χ4v) is 2.09. The highest BCUT2D eigenvalue weighted by molar-refractivity contribution is 7.89. The Hall–Kier alpha value is -0.910. The molecule has 0 spiro atoms. The molecule has 0 heterocycles. The summed E-state index contributed by atoms with van der Waals surface area (Å²) in [6.45, 7) is 1.91. The summed E-state index contributed by atoms with van der Waals surface area (Å²) >= 11 is 0. The van der Waals surface area contributed by atoms with Crippen LogP contribution in [0.4, 0.5) is 0 Å². The van der Waals surface area contributed by atoms with Crippen molar-refractivity contribution in [1.29, 1.82) is 0 Å². The summed E-state index contributed by atoms with van der Waals surface area (Å²) in [6.07, 6.45) is 0. The van der Waals surface area contributed by atoms with Gasteiger partial charge in [0.2, 0.25) is 0 Å². The van der Waals surface area contributed by atoms with E-state index in [4.69, 9.17) is 0 Å². The van der Waals surface area contributed by atoms with Crippen LogP contribution in [0.25, 0.3) is 0 Å². The molecular formula is C9H14N2O2S. The zero-order chi connectivity index (χ0) is 10.8. The summed E-state index contributed by atoms with van der Waals surface area (Å²) in [5, 5.41) is 1.40. The zero-order valence-electron chi connectivity index (χ0n) is 8.48. The Morgan fingerprint density at radius 3 is 2.07 bits per heavy atom. The van der Waals surface area contributed by atoms with Gasteiger partial charge in [0.15, 0.2) is 0 Å². The molecule has 1 N–H and O–H groups in total. The van der Waals surface area contributed by atoms with E-state index in [9.17, 15) is 8.42 Å². The summed E-state index contributed by atoms with van der Waals surface area (Å²) in [5.74, 6) is 0. The second kappa shape index (κ2) is 4.08. The molecule has 0 saturated heterocycles. The van der Waals surface area contributed by atoms with Crippen molar-refractivity contribution >= 4 is 10.0 Å². The monoisotopic (exact) mass is 214 g/mol. The van der Waals surface area contributed by atoms with Crippen LogP contribution < -0.4 is 4.83 Å². The molecule has 0 aliphatic heterocycles. The number of nitrogens with one attached hydrogen (secondary N) is 1. The average Bonchev–Trinajstić information content (AvgIpc) is 2.02. The SMILES string of the molecule is Cc1ccc(S(=O)(=O)NN(C)C)cc1. The number of hydrazine groups is 1. The van der Waals surface area contributed by atoms with Gasteiger partial charge in [-0.05, 0) is 19.1 Å². The van der Waals surface area contributed by atoms with Gasteiger partial charge in [0.1, 0.15) is 0 Å². The van der Waals surface area contributed by atoms with Crippen molar-refractivity contribution in [3.8, 4) is 0 Å². The van der Waals surface area contributed by atoms with Crippen molar-refractivity contribution in [2.45, 2.75) is 11.8 Å². The summed E-state index contributed by atoms with van der Waals surface area (Å²) in [7, 11) is -0.139. The van der Waals surface area contributed by atoms with Crippen molar-refractivity contribution in [2.24, 2.45) is 0 Å².